The minimum absolute atomic E-state index is 0.160. The van der Waals surface area contributed by atoms with Gasteiger partial charge in [0.1, 0.15) is 17.5 Å². The van der Waals surface area contributed by atoms with E-state index in [1.54, 1.807) is 0 Å². The molecule has 1 saturated carbocycles. The number of nitrogens with zero attached hydrogens (tertiary/aromatic N) is 2. The molecular weight excluding hydrogens is 264 g/mol. The summed E-state index contributed by atoms with van der Waals surface area (Å²) in [5.74, 6) is 2.99. The zero-order valence-electron chi connectivity index (χ0n) is 13.2. The van der Waals surface area contributed by atoms with Crippen molar-refractivity contribution in [3.63, 3.8) is 0 Å². The van der Waals surface area contributed by atoms with E-state index in [0.29, 0.717) is 5.92 Å². The van der Waals surface area contributed by atoms with E-state index < -0.39 is 0 Å². The second kappa shape index (κ2) is 8.17. The lowest BCUT2D eigenvalue weighted by Crippen LogP contribution is -2.22. The van der Waals surface area contributed by atoms with Gasteiger partial charge in [-0.15, -0.1) is 0 Å². The smallest absolute Gasteiger partial charge is 0.133 e. The Kier molecular flexibility index (Phi) is 6.23. The molecule has 21 heavy (non-hydrogen) atoms. The lowest BCUT2D eigenvalue weighted by molar-refractivity contribution is 0.138. The Morgan fingerprint density at radius 2 is 1.90 bits per heavy atom. The van der Waals surface area contributed by atoms with Crippen LogP contribution in [0.2, 0.25) is 0 Å². The van der Waals surface area contributed by atoms with Crippen LogP contribution in [0.4, 0.5) is 11.6 Å². The summed E-state index contributed by atoms with van der Waals surface area (Å²) in [4.78, 5) is 9.12. The van der Waals surface area contributed by atoms with Crippen LogP contribution >= 0.6 is 0 Å². The van der Waals surface area contributed by atoms with Gasteiger partial charge in [0.25, 0.3) is 0 Å². The molecule has 1 aliphatic carbocycles. The third-order valence-electron chi connectivity index (χ3n) is 3.97. The fraction of sp³-hybridized carbons (Fsp3) is 0.750. The highest BCUT2D eigenvalue weighted by Crippen LogP contribution is 2.25. The fourth-order valence-electron chi connectivity index (χ4n) is 2.76. The number of rotatable bonds is 8. The van der Waals surface area contributed by atoms with Crippen LogP contribution in [0, 0.1) is 5.92 Å². The first-order valence-electron chi connectivity index (χ1n) is 8.26. The van der Waals surface area contributed by atoms with Gasteiger partial charge in [-0.2, -0.15) is 0 Å². The lowest BCUT2D eigenvalue weighted by Gasteiger charge is -2.16. The number of aliphatic hydroxyl groups excluding tert-OH is 1. The van der Waals surface area contributed by atoms with Gasteiger partial charge in [-0.25, -0.2) is 9.97 Å². The molecular formula is C16H28N4O. The van der Waals surface area contributed by atoms with Crippen molar-refractivity contribution < 1.29 is 5.11 Å². The van der Waals surface area contributed by atoms with Crippen LogP contribution < -0.4 is 10.6 Å². The molecule has 2 unspecified atom stereocenters. The molecule has 1 aromatic rings. The van der Waals surface area contributed by atoms with Crippen LogP contribution in [0.3, 0.4) is 0 Å². The molecule has 0 bridgehead atoms. The fourth-order valence-corrected chi connectivity index (χ4v) is 2.76. The molecule has 0 saturated heterocycles. The molecule has 5 nitrogen and oxygen atoms in total. The number of hydrogen-bond donors (Lipinski definition) is 3. The Bertz CT molecular complexity index is 438. The van der Waals surface area contributed by atoms with Crippen molar-refractivity contribution in [1.29, 1.82) is 0 Å². The maximum Gasteiger partial charge on any atom is 0.133 e. The van der Waals surface area contributed by atoms with E-state index in [1.807, 2.05) is 6.07 Å². The molecule has 0 amide bonds. The molecule has 2 atom stereocenters. The molecule has 0 aliphatic heterocycles. The Hall–Kier alpha value is -1.36. The van der Waals surface area contributed by atoms with Gasteiger partial charge in [-0.05, 0) is 25.7 Å². The second-order valence-electron chi connectivity index (χ2n) is 5.87. The highest BCUT2D eigenvalue weighted by molar-refractivity contribution is 5.47. The average Bonchev–Trinajstić information content (AvgIpc) is 2.88. The first-order valence-corrected chi connectivity index (χ1v) is 8.26. The number of aromatic nitrogens is 2. The van der Waals surface area contributed by atoms with E-state index in [-0.39, 0.29) is 6.10 Å². The van der Waals surface area contributed by atoms with Gasteiger partial charge in [0, 0.05) is 31.5 Å². The second-order valence-corrected chi connectivity index (χ2v) is 5.87. The van der Waals surface area contributed by atoms with Gasteiger partial charge in [0.15, 0.2) is 0 Å². The maximum absolute atomic E-state index is 9.89. The number of nitrogens with one attached hydrogen (secondary N) is 2. The minimum Gasteiger partial charge on any atom is -0.393 e. The number of hydrogen-bond acceptors (Lipinski definition) is 5. The molecule has 0 aromatic carbocycles. The molecule has 3 N–H and O–H groups in total. The van der Waals surface area contributed by atoms with Crippen LogP contribution in [0.15, 0.2) is 6.07 Å². The van der Waals surface area contributed by atoms with E-state index in [4.69, 9.17) is 0 Å². The van der Waals surface area contributed by atoms with Gasteiger partial charge in [0.05, 0.1) is 6.10 Å². The van der Waals surface area contributed by atoms with E-state index in [0.717, 1.165) is 69.1 Å². The summed E-state index contributed by atoms with van der Waals surface area (Å²) in [7, 11) is 0. The molecule has 118 valence electrons. The van der Waals surface area contributed by atoms with Crippen LogP contribution in [-0.4, -0.2) is 34.3 Å². The maximum atomic E-state index is 9.89. The van der Waals surface area contributed by atoms with Crippen LogP contribution in [-0.2, 0) is 6.42 Å². The number of aliphatic hydroxyl groups is 1. The Morgan fingerprint density at radius 3 is 2.52 bits per heavy atom. The first kappa shape index (κ1) is 16.0. The van der Waals surface area contributed by atoms with Gasteiger partial charge in [0.2, 0.25) is 0 Å². The topological polar surface area (TPSA) is 70.1 Å². The number of aryl methyl sites for hydroxylation is 1. The monoisotopic (exact) mass is 292 g/mol. The highest BCUT2D eigenvalue weighted by Gasteiger charge is 2.24. The van der Waals surface area contributed by atoms with Crippen molar-refractivity contribution in [2.24, 2.45) is 5.92 Å². The van der Waals surface area contributed by atoms with Crippen LogP contribution in [0.1, 0.15) is 51.8 Å². The van der Waals surface area contributed by atoms with Gasteiger partial charge >= 0.3 is 0 Å². The quantitative estimate of drug-likeness (QED) is 0.687. The largest absolute Gasteiger partial charge is 0.393 e. The van der Waals surface area contributed by atoms with Crippen molar-refractivity contribution in [3.05, 3.63) is 11.9 Å². The highest BCUT2D eigenvalue weighted by atomic mass is 16.3. The Labute approximate surface area is 127 Å². The van der Waals surface area contributed by atoms with E-state index in [1.165, 1.54) is 0 Å². The minimum atomic E-state index is -0.160. The molecule has 2 rings (SSSR count). The number of anilines is 2. The standard InChI is InChI=1S/C16H28N4O/c1-3-6-14-19-15(17-9-4-2)10-16(20-14)18-11-12-7-5-8-13(12)21/h10,12-13,21H,3-9,11H2,1-2H3,(H2,17,18,19,20). The van der Waals surface area contributed by atoms with E-state index >= 15 is 0 Å². The molecule has 0 radical (unpaired) electrons. The molecule has 1 aliphatic rings. The third-order valence-corrected chi connectivity index (χ3v) is 3.97. The zero-order valence-corrected chi connectivity index (χ0v) is 13.2. The lowest BCUT2D eigenvalue weighted by atomic mass is 10.1. The zero-order chi connectivity index (χ0) is 15.1. The average molecular weight is 292 g/mol. The molecule has 1 heterocycles. The SMILES string of the molecule is CCCNc1cc(NCC2CCCC2O)nc(CCC)n1. The van der Waals surface area contributed by atoms with Crippen LogP contribution in [0.5, 0.6) is 0 Å². The molecule has 1 aromatic heterocycles. The normalized spacial score (nSPS) is 21.5. The van der Waals surface area contributed by atoms with E-state index in [9.17, 15) is 5.11 Å². The van der Waals surface area contributed by atoms with Crippen molar-refractivity contribution in [2.45, 2.75) is 58.5 Å². The van der Waals surface area contributed by atoms with Crippen LogP contribution in [0.25, 0.3) is 0 Å². The van der Waals surface area contributed by atoms with Crippen molar-refractivity contribution in [3.8, 4) is 0 Å². The Morgan fingerprint density at radius 1 is 1.14 bits per heavy atom. The third kappa shape index (κ3) is 4.84. The summed E-state index contributed by atoms with van der Waals surface area (Å²) < 4.78 is 0. The van der Waals surface area contributed by atoms with Gasteiger partial charge in [-0.1, -0.05) is 20.3 Å². The summed E-state index contributed by atoms with van der Waals surface area (Å²) in [5, 5.41) is 16.6. The van der Waals surface area contributed by atoms with E-state index in [2.05, 4.69) is 34.4 Å². The van der Waals surface area contributed by atoms with Crippen molar-refractivity contribution >= 4 is 11.6 Å². The summed E-state index contributed by atoms with van der Waals surface area (Å²) >= 11 is 0. The molecule has 5 heteroatoms. The van der Waals surface area contributed by atoms with Crippen molar-refractivity contribution in [2.75, 3.05) is 23.7 Å². The van der Waals surface area contributed by atoms with Gasteiger partial charge < -0.3 is 15.7 Å². The molecule has 0 spiro atoms. The first-order chi connectivity index (χ1) is 10.2. The predicted octanol–water partition coefficient (Wildman–Crippen LogP) is 2.82. The van der Waals surface area contributed by atoms with Gasteiger partial charge in [-0.3, -0.25) is 0 Å². The Balaban J connectivity index is 2.00. The molecule has 1 fully saturated rings. The van der Waals surface area contributed by atoms with Crippen molar-refractivity contribution in [1.82, 2.24) is 9.97 Å². The predicted molar refractivity (Wildman–Crippen MR) is 86.6 cm³/mol. The summed E-state index contributed by atoms with van der Waals surface area (Å²) in [5.41, 5.74) is 0. The summed E-state index contributed by atoms with van der Waals surface area (Å²) in [6, 6.07) is 1.97. The summed E-state index contributed by atoms with van der Waals surface area (Å²) in [6.45, 7) is 5.99. The summed E-state index contributed by atoms with van der Waals surface area (Å²) in [6.07, 6.45) is 6.00.